The predicted octanol–water partition coefficient (Wildman–Crippen LogP) is -0.667. The lowest BCUT2D eigenvalue weighted by molar-refractivity contribution is -0.136. The van der Waals surface area contributed by atoms with E-state index >= 15 is 0 Å². The molecule has 0 aromatic carbocycles. The van der Waals surface area contributed by atoms with Crippen molar-refractivity contribution >= 4 is 11.8 Å². The van der Waals surface area contributed by atoms with Gasteiger partial charge in [0.2, 0.25) is 11.8 Å². The topological polar surface area (TPSA) is 61.4 Å². The fourth-order valence-electron chi connectivity index (χ4n) is 1.80. The highest BCUT2D eigenvalue weighted by Crippen LogP contribution is 2.10. The van der Waals surface area contributed by atoms with Gasteiger partial charge in [0.05, 0.1) is 6.04 Å². The minimum atomic E-state index is -0.0513. The van der Waals surface area contributed by atoms with Gasteiger partial charge in [0, 0.05) is 26.6 Å². The van der Waals surface area contributed by atoms with Crippen LogP contribution >= 0.6 is 0 Å². The zero-order valence-electron chi connectivity index (χ0n) is 9.38. The molecular formula is C10H19N3O2. The molecule has 0 radical (unpaired) electrons. The van der Waals surface area contributed by atoms with E-state index in [2.05, 4.69) is 10.6 Å². The molecule has 1 rings (SSSR count). The van der Waals surface area contributed by atoms with Crippen molar-refractivity contribution in [3.8, 4) is 0 Å². The van der Waals surface area contributed by atoms with Crippen molar-refractivity contribution in [2.24, 2.45) is 0 Å². The van der Waals surface area contributed by atoms with E-state index in [4.69, 9.17) is 0 Å². The van der Waals surface area contributed by atoms with Crippen molar-refractivity contribution in [2.45, 2.75) is 25.8 Å². The van der Waals surface area contributed by atoms with Crippen molar-refractivity contribution in [3.63, 3.8) is 0 Å². The Labute approximate surface area is 90.2 Å². The van der Waals surface area contributed by atoms with Gasteiger partial charge < -0.3 is 15.5 Å². The van der Waals surface area contributed by atoms with Gasteiger partial charge in [-0.1, -0.05) is 0 Å². The minimum absolute atomic E-state index is 0.0453. The highest BCUT2D eigenvalue weighted by atomic mass is 16.2. The predicted molar refractivity (Wildman–Crippen MR) is 57.3 cm³/mol. The Kier molecular flexibility index (Phi) is 4.55. The first-order chi connectivity index (χ1) is 7.15. The summed E-state index contributed by atoms with van der Waals surface area (Å²) in [6.07, 6.45) is 1.93. The normalized spacial score (nSPS) is 21.6. The second-order valence-electron chi connectivity index (χ2n) is 3.79. The van der Waals surface area contributed by atoms with Gasteiger partial charge in [-0.3, -0.25) is 9.59 Å². The molecule has 5 heteroatoms. The van der Waals surface area contributed by atoms with E-state index in [0.29, 0.717) is 13.1 Å². The van der Waals surface area contributed by atoms with Gasteiger partial charge in [0.1, 0.15) is 0 Å². The molecule has 1 fully saturated rings. The van der Waals surface area contributed by atoms with E-state index in [1.165, 1.54) is 6.92 Å². The molecule has 1 aliphatic rings. The number of likely N-dealkylation sites (tertiary alicyclic amines) is 1. The summed E-state index contributed by atoms with van der Waals surface area (Å²) < 4.78 is 0. The van der Waals surface area contributed by atoms with E-state index in [-0.39, 0.29) is 17.9 Å². The van der Waals surface area contributed by atoms with E-state index in [0.717, 1.165) is 19.4 Å². The zero-order valence-corrected chi connectivity index (χ0v) is 9.38. The standard InChI is InChI=1S/C10H19N3O2/c1-8(14)12-5-7-13-6-3-4-9(11-2)10(13)15/h9,11H,3-7H2,1-2H3,(H,12,14). The first-order valence-corrected chi connectivity index (χ1v) is 5.35. The molecule has 1 atom stereocenters. The third-order valence-corrected chi connectivity index (χ3v) is 2.63. The van der Waals surface area contributed by atoms with Crippen molar-refractivity contribution in [3.05, 3.63) is 0 Å². The highest BCUT2D eigenvalue weighted by molar-refractivity contribution is 5.82. The molecule has 0 saturated carbocycles. The molecule has 5 nitrogen and oxygen atoms in total. The maximum Gasteiger partial charge on any atom is 0.239 e. The SMILES string of the molecule is CNC1CCCN(CCNC(C)=O)C1=O. The Hall–Kier alpha value is -1.10. The van der Waals surface area contributed by atoms with Gasteiger partial charge >= 0.3 is 0 Å². The summed E-state index contributed by atoms with van der Waals surface area (Å²) in [5.41, 5.74) is 0. The van der Waals surface area contributed by atoms with Crippen LogP contribution in [-0.2, 0) is 9.59 Å². The van der Waals surface area contributed by atoms with Gasteiger partial charge in [-0.15, -0.1) is 0 Å². The molecule has 0 bridgehead atoms. The number of carbonyl (C=O) groups is 2. The number of nitrogens with zero attached hydrogens (tertiary/aromatic N) is 1. The fraction of sp³-hybridized carbons (Fsp3) is 0.800. The number of likely N-dealkylation sites (N-methyl/N-ethyl adjacent to an activating group) is 1. The van der Waals surface area contributed by atoms with Gasteiger partial charge in [0.15, 0.2) is 0 Å². The number of nitrogens with one attached hydrogen (secondary N) is 2. The molecule has 0 spiro atoms. The molecule has 1 saturated heterocycles. The molecule has 0 aromatic rings. The van der Waals surface area contributed by atoms with Crippen LogP contribution in [0.5, 0.6) is 0 Å². The van der Waals surface area contributed by atoms with Crippen LogP contribution in [0, 0.1) is 0 Å². The molecule has 2 amide bonds. The number of hydrogen-bond donors (Lipinski definition) is 2. The second-order valence-corrected chi connectivity index (χ2v) is 3.79. The van der Waals surface area contributed by atoms with Crippen LogP contribution in [0.25, 0.3) is 0 Å². The lowest BCUT2D eigenvalue weighted by Gasteiger charge is -2.32. The largest absolute Gasteiger partial charge is 0.355 e. The monoisotopic (exact) mass is 213 g/mol. The van der Waals surface area contributed by atoms with Crippen LogP contribution in [-0.4, -0.2) is 49.4 Å². The maximum absolute atomic E-state index is 11.8. The zero-order chi connectivity index (χ0) is 11.3. The molecule has 15 heavy (non-hydrogen) atoms. The summed E-state index contributed by atoms with van der Waals surface area (Å²) in [6, 6.07) is -0.0453. The van der Waals surface area contributed by atoms with Crippen molar-refractivity contribution < 1.29 is 9.59 Å². The lowest BCUT2D eigenvalue weighted by Crippen LogP contribution is -2.51. The van der Waals surface area contributed by atoms with Crippen molar-refractivity contribution in [2.75, 3.05) is 26.7 Å². The van der Waals surface area contributed by atoms with E-state index in [9.17, 15) is 9.59 Å². The molecular weight excluding hydrogens is 194 g/mol. The minimum Gasteiger partial charge on any atom is -0.355 e. The van der Waals surface area contributed by atoms with E-state index in [1.54, 1.807) is 11.9 Å². The lowest BCUT2D eigenvalue weighted by atomic mass is 10.1. The van der Waals surface area contributed by atoms with Crippen LogP contribution in [0.4, 0.5) is 0 Å². The average Bonchev–Trinajstić information content (AvgIpc) is 2.20. The summed E-state index contributed by atoms with van der Waals surface area (Å²) in [7, 11) is 1.81. The number of rotatable bonds is 4. The van der Waals surface area contributed by atoms with Crippen LogP contribution in [0.1, 0.15) is 19.8 Å². The molecule has 0 aromatic heterocycles. The van der Waals surface area contributed by atoms with Crippen LogP contribution < -0.4 is 10.6 Å². The Balaban J connectivity index is 2.34. The number of carbonyl (C=O) groups excluding carboxylic acids is 2. The molecule has 1 unspecified atom stereocenters. The van der Waals surface area contributed by atoms with Gasteiger partial charge in [-0.05, 0) is 19.9 Å². The van der Waals surface area contributed by atoms with Crippen molar-refractivity contribution in [1.29, 1.82) is 0 Å². The van der Waals surface area contributed by atoms with E-state index in [1.807, 2.05) is 0 Å². The number of amides is 2. The molecule has 2 N–H and O–H groups in total. The summed E-state index contributed by atoms with van der Waals surface area (Å²) in [4.78, 5) is 24.2. The maximum atomic E-state index is 11.8. The average molecular weight is 213 g/mol. The third kappa shape index (κ3) is 3.51. The number of hydrogen-bond acceptors (Lipinski definition) is 3. The second kappa shape index (κ2) is 5.70. The van der Waals surface area contributed by atoms with E-state index < -0.39 is 0 Å². The molecule has 1 heterocycles. The van der Waals surface area contributed by atoms with Crippen LogP contribution in [0.15, 0.2) is 0 Å². The Morgan fingerprint density at radius 1 is 1.60 bits per heavy atom. The Bertz CT molecular complexity index is 243. The van der Waals surface area contributed by atoms with Crippen LogP contribution in [0.2, 0.25) is 0 Å². The highest BCUT2D eigenvalue weighted by Gasteiger charge is 2.26. The fourth-order valence-corrected chi connectivity index (χ4v) is 1.80. The molecule has 0 aliphatic carbocycles. The van der Waals surface area contributed by atoms with Crippen LogP contribution in [0.3, 0.4) is 0 Å². The third-order valence-electron chi connectivity index (χ3n) is 2.63. The summed E-state index contributed by atoms with van der Waals surface area (Å²) in [5, 5.41) is 5.70. The summed E-state index contributed by atoms with van der Waals surface area (Å²) in [5.74, 6) is 0.0960. The Morgan fingerprint density at radius 2 is 2.33 bits per heavy atom. The summed E-state index contributed by atoms with van der Waals surface area (Å²) in [6.45, 7) is 3.43. The van der Waals surface area contributed by atoms with Gasteiger partial charge in [-0.25, -0.2) is 0 Å². The number of piperidine rings is 1. The van der Waals surface area contributed by atoms with Gasteiger partial charge in [0.25, 0.3) is 0 Å². The van der Waals surface area contributed by atoms with Gasteiger partial charge in [-0.2, -0.15) is 0 Å². The Morgan fingerprint density at radius 3 is 2.93 bits per heavy atom. The molecule has 86 valence electrons. The van der Waals surface area contributed by atoms with Crippen molar-refractivity contribution in [1.82, 2.24) is 15.5 Å². The molecule has 1 aliphatic heterocycles. The first kappa shape index (κ1) is 12.0. The quantitative estimate of drug-likeness (QED) is 0.651. The smallest absolute Gasteiger partial charge is 0.239 e. The first-order valence-electron chi connectivity index (χ1n) is 5.35. The summed E-state index contributed by atoms with van der Waals surface area (Å²) >= 11 is 0.